The smallest absolute Gasteiger partial charge is 0.246 e. The van der Waals surface area contributed by atoms with Gasteiger partial charge in [-0.2, -0.15) is 4.31 Å². The van der Waals surface area contributed by atoms with Gasteiger partial charge < -0.3 is 9.64 Å². The first-order chi connectivity index (χ1) is 11.8. The Bertz CT molecular complexity index is 711. The zero-order valence-electron chi connectivity index (χ0n) is 14.9. The number of benzene rings is 1. The molecule has 1 amide bonds. The van der Waals surface area contributed by atoms with E-state index in [4.69, 9.17) is 4.74 Å². The molecule has 1 aromatic rings. The Hall–Kier alpha value is -1.67. The summed E-state index contributed by atoms with van der Waals surface area (Å²) in [6.07, 6.45) is 1.54. The molecule has 1 aliphatic rings. The molecule has 1 saturated heterocycles. The summed E-state index contributed by atoms with van der Waals surface area (Å²) in [5.41, 5.74) is 0. The molecule has 0 bridgehead atoms. The summed E-state index contributed by atoms with van der Waals surface area (Å²) in [4.78, 5) is 13.9. The number of piperazine rings is 1. The minimum Gasteiger partial charge on any atom is -0.495 e. The maximum absolute atomic E-state index is 13.5. The highest BCUT2D eigenvalue weighted by Crippen LogP contribution is 2.28. The fraction of sp³-hybridized carbons (Fsp3) is 0.588. The molecule has 1 aliphatic heterocycles. The van der Waals surface area contributed by atoms with Gasteiger partial charge in [0, 0.05) is 32.1 Å². The largest absolute Gasteiger partial charge is 0.495 e. The van der Waals surface area contributed by atoms with E-state index in [1.165, 1.54) is 17.5 Å². The van der Waals surface area contributed by atoms with Crippen molar-refractivity contribution in [1.29, 1.82) is 0 Å². The number of carbonyl (C=O) groups is 1. The quantitative estimate of drug-likeness (QED) is 0.767. The molecule has 0 N–H and O–H groups in total. The molecule has 0 radical (unpaired) electrons. The Morgan fingerprint density at radius 3 is 2.32 bits per heavy atom. The Labute approximate surface area is 148 Å². The second kappa shape index (κ2) is 8.14. The molecule has 0 saturated carbocycles. The third kappa shape index (κ3) is 4.12. The molecular weight excluding hydrogens is 347 g/mol. The number of hydrogen-bond donors (Lipinski definition) is 0. The van der Waals surface area contributed by atoms with Crippen LogP contribution in [0.1, 0.15) is 26.7 Å². The van der Waals surface area contributed by atoms with Crippen molar-refractivity contribution in [3.63, 3.8) is 0 Å². The summed E-state index contributed by atoms with van der Waals surface area (Å²) >= 11 is 0. The average molecular weight is 372 g/mol. The van der Waals surface area contributed by atoms with Crippen molar-refractivity contribution < 1.29 is 22.3 Å². The zero-order valence-corrected chi connectivity index (χ0v) is 15.7. The molecular formula is C17H25FN2O4S. The lowest BCUT2D eigenvalue weighted by Gasteiger charge is -2.35. The van der Waals surface area contributed by atoms with Crippen LogP contribution in [0.2, 0.25) is 0 Å². The Balaban J connectivity index is 2.14. The van der Waals surface area contributed by atoms with Crippen LogP contribution in [0, 0.1) is 11.7 Å². The molecule has 25 heavy (non-hydrogen) atoms. The second-order valence-corrected chi connectivity index (χ2v) is 7.94. The number of nitrogens with zero attached hydrogens (tertiary/aromatic N) is 2. The van der Waals surface area contributed by atoms with Gasteiger partial charge in [-0.15, -0.1) is 0 Å². The van der Waals surface area contributed by atoms with E-state index in [1.54, 1.807) is 4.90 Å². The van der Waals surface area contributed by atoms with E-state index in [0.717, 1.165) is 25.0 Å². The van der Waals surface area contributed by atoms with Gasteiger partial charge in [-0.1, -0.05) is 13.8 Å². The van der Waals surface area contributed by atoms with Crippen LogP contribution in [-0.4, -0.2) is 56.8 Å². The van der Waals surface area contributed by atoms with Crippen LogP contribution in [-0.2, 0) is 14.8 Å². The lowest BCUT2D eigenvalue weighted by molar-refractivity contribution is -0.136. The number of halogens is 1. The van der Waals surface area contributed by atoms with Gasteiger partial charge in [0.25, 0.3) is 0 Å². The lowest BCUT2D eigenvalue weighted by Crippen LogP contribution is -2.51. The van der Waals surface area contributed by atoms with Crippen LogP contribution >= 0.6 is 0 Å². The van der Waals surface area contributed by atoms with E-state index in [1.807, 2.05) is 13.8 Å². The molecule has 6 nitrogen and oxygen atoms in total. The van der Waals surface area contributed by atoms with Crippen LogP contribution in [0.25, 0.3) is 0 Å². The number of carbonyl (C=O) groups excluding carboxylic acids is 1. The molecule has 8 heteroatoms. The highest BCUT2D eigenvalue weighted by Gasteiger charge is 2.33. The van der Waals surface area contributed by atoms with Gasteiger partial charge in [-0.3, -0.25) is 4.79 Å². The standard InChI is InChI=1S/C17H25FN2O4S/c1-4-13(5-2)17(21)19-8-10-20(11-9-19)25(22,23)16-12-14(18)6-7-15(16)24-3/h6-7,12-13H,4-5,8-11H2,1-3H3. The Morgan fingerprint density at radius 1 is 1.20 bits per heavy atom. The molecule has 140 valence electrons. The summed E-state index contributed by atoms with van der Waals surface area (Å²) in [5.74, 6) is -0.476. The van der Waals surface area contributed by atoms with Gasteiger partial charge in [0.15, 0.2) is 0 Å². The number of sulfonamides is 1. The van der Waals surface area contributed by atoms with E-state index in [2.05, 4.69) is 0 Å². The minimum absolute atomic E-state index is 0.0218. The van der Waals surface area contributed by atoms with Crippen molar-refractivity contribution in [3.05, 3.63) is 24.0 Å². The fourth-order valence-corrected chi connectivity index (χ4v) is 4.63. The monoisotopic (exact) mass is 372 g/mol. The van der Waals surface area contributed by atoms with E-state index in [-0.39, 0.29) is 35.6 Å². The maximum Gasteiger partial charge on any atom is 0.246 e. The van der Waals surface area contributed by atoms with Crippen molar-refractivity contribution in [2.24, 2.45) is 5.92 Å². The predicted octanol–water partition coefficient (Wildman–Crippen LogP) is 2.10. The average Bonchev–Trinajstić information content (AvgIpc) is 2.62. The van der Waals surface area contributed by atoms with Gasteiger partial charge >= 0.3 is 0 Å². The molecule has 1 aromatic carbocycles. The normalized spacial score (nSPS) is 16.3. The third-order valence-electron chi connectivity index (χ3n) is 4.63. The highest BCUT2D eigenvalue weighted by atomic mass is 32.2. The molecule has 0 aliphatic carbocycles. The molecule has 0 unspecified atom stereocenters. The second-order valence-electron chi connectivity index (χ2n) is 6.04. The number of hydrogen-bond acceptors (Lipinski definition) is 4. The Morgan fingerprint density at radius 2 is 1.80 bits per heavy atom. The van der Waals surface area contributed by atoms with Crippen molar-refractivity contribution in [2.75, 3.05) is 33.3 Å². The van der Waals surface area contributed by atoms with Crippen molar-refractivity contribution >= 4 is 15.9 Å². The molecule has 0 spiro atoms. The zero-order chi connectivity index (χ0) is 18.6. The Kier molecular flexibility index (Phi) is 6.40. The van der Waals surface area contributed by atoms with Gasteiger partial charge in [-0.05, 0) is 31.0 Å². The van der Waals surface area contributed by atoms with Crippen LogP contribution in [0.15, 0.2) is 23.1 Å². The summed E-state index contributed by atoms with van der Waals surface area (Å²) < 4.78 is 45.5. The fourth-order valence-electron chi connectivity index (χ4n) is 3.04. The maximum atomic E-state index is 13.5. The van der Waals surface area contributed by atoms with Crippen LogP contribution in [0.4, 0.5) is 4.39 Å². The summed E-state index contributed by atoms with van der Waals surface area (Å²) in [6, 6.07) is 3.43. The van der Waals surface area contributed by atoms with Crippen molar-refractivity contribution in [1.82, 2.24) is 9.21 Å². The van der Waals surface area contributed by atoms with Gasteiger partial charge in [-0.25, -0.2) is 12.8 Å². The lowest BCUT2D eigenvalue weighted by atomic mass is 10.0. The van der Waals surface area contributed by atoms with E-state index in [9.17, 15) is 17.6 Å². The number of rotatable bonds is 6. The van der Waals surface area contributed by atoms with Crippen molar-refractivity contribution in [2.45, 2.75) is 31.6 Å². The number of amides is 1. The summed E-state index contributed by atoms with van der Waals surface area (Å²) in [6.45, 7) is 5.01. The first-order valence-electron chi connectivity index (χ1n) is 8.47. The first kappa shape index (κ1) is 19.7. The predicted molar refractivity (Wildman–Crippen MR) is 92.4 cm³/mol. The van der Waals surface area contributed by atoms with Gasteiger partial charge in [0.1, 0.15) is 16.5 Å². The van der Waals surface area contributed by atoms with Gasteiger partial charge in [0.2, 0.25) is 15.9 Å². The molecule has 0 aromatic heterocycles. The topological polar surface area (TPSA) is 66.9 Å². The van der Waals surface area contributed by atoms with E-state index >= 15 is 0 Å². The van der Waals surface area contributed by atoms with Crippen molar-refractivity contribution in [3.8, 4) is 5.75 Å². The highest BCUT2D eigenvalue weighted by molar-refractivity contribution is 7.89. The molecule has 1 fully saturated rings. The third-order valence-corrected chi connectivity index (χ3v) is 6.55. The number of methoxy groups -OCH3 is 1. The summed E-state index contributed by atoms with van der Waals surface area (Å²) in [7, 11) is -2.53. The first-order valence-corrected chi connectivity index (χ1v) is 9.91. The van der Waals surface area contributed by atoms with Crippen LogP contribution in [0.3, 0.4) is 0 Å². The summed E-state index contributed by atoms with van der Waals surface area (Å²) in [5, 5.41) is 0. The SMILES string of the molecule is CCC(CC)C(=O)N1CCN(S(=O)(=O)c2cc(F)ccc2OC)CC1. The van der Waals surface area contributed by atoms with E-state index < -0.39 is 15.8 Å². The van der Waals surface area contributed by atoms with Crippen LogP contribution < -0.4 is 4.74 Å². The molecule has 2 rings (SSSR count). The molecule has 0 atom stereocenters. The molecule has 1 heterocycles. The minimum atomic E-state index is -3.88. The van der Waals surface area contributed by atoms with E-state index in [0.29, 0.717) is 13.1 Å². The van der Waals surface area contributed by atoms with Crippen LogP contribution in [0.5, 0.6) is 5.75 Å². The van der Waals surface area contributed by atoms with Gasteiger partial charge in [0.05, 0.1) is 7.11 Å². The number of ether oxygens (including phenoxy) is 1.